The third-order valence-electron chi connectivity index (χ3n) is 6.96. The van der Waals surface area contributed by atoms with E-state index in [0.29, 0.717) is 12.6 Å². The number of hydrogen-bond acceptors (Lipinski definition) is 5. The van der Waals surface area contributed by atoms with Crippen LogP contribution in [0.1, 0.15) is 34.7 Å². The van der Waals surface area contributed by atoms with Gasteiger partial charge < -0.3 is 20.2 Å². The standard InChI is InChI=1S/C29H32N4O2/c1-18-10-19(2)12-23(11-18)33-17-31-27-13-20(3)25(21-6-5-7-24(34)14-21)15-26(27)28(33)29(35)32(4)16-22-8-9-30-22/h5-7,10-15,17,22,28,30,34H,8-9,16H2,1-4H3/t22-,28?/m0/s1. The first-order valence-electron chi connectivity index (χ1n) is 12.1. The summed E-state index contributed by atoms with van der Waals surface area (Å²) < 4.78 is 0. The van der Waals surface area contributed by atoms with Gasteiger partial charge in [0.15, 0.2) is 0 Å². The van der Waals surface area contributed by atoms with Crippen LogP contribution in [0.15, 0.2) is 59.6 Å². The molecule has 0 spiro atoms. The molecule has 35 heavy (non-hydrogen) atoms. The first-order chi connectivity index (χ1) is 16.8. The largest absolute Gasteiger partial charge is 0.508 e. The summed E-state index contributed by atoms with van der Waals surface area (Å²) in [4.78, 5) is 22.6. The molecule has 2 atom stereocenters. The van der Waals surface area contributed by atoms with Crippen LogP contribution in [0, 0.1) is 20.8 Å². The highest BCUT2D eigenvalue weighted by Crippen LogP contribution is 2.41. The zero-order valence-corrected chi connectivity index (χ0v) is 20.7. The van der Waals surface area contributed by atoms with Gasteiger partial charge in [-0.1, -0.05) is 18.2 Å². The van der Waals surface area contributed by atoms with Crippen LogP contribution >= 0.6 is 0 Å². The van der Waals surface area contributed by atoms with Crippen LogP contribution in [0.25, 0.3) is 11.1 Å². The van der Waals surface area contributed by atoms with Gasteiger partial charge in [0, 0.05) is 30.9 Å². The number of nitrogens with one attached hydrogen (secondary N) is 1. The first kappa shape index (κ1) is 23.1. The Morgan fingerprint density at radius 1 is 1.11 bits per heavy atom. The highest BCUT2D eigenvalue weighted by Gasteiger charge is 2.36. The number of aliphatic imine (C=N–C) groups is 1. The SMILES string of the molecule is Cc1cc(C)cc(N2C=Nc3cc(C)c(-c4cccc(O)c4)cc3C2C(=O)N(C)C[C@@H]2CCN2)c1. The minimum atomic E-state index is -0.537. The van der Waals surface area contributed by atoms with E-state index in [1.165, 1.54) is 0 Å². The monoisotopic (exact) mass is 468 g/mol. The second kappa shape index (κ2) is 9.19. The number of nitrogens with zero attached hydrogens (tertiary/aromatic N) is 3. The van der Waals surface area contributed by atoms with Gasteiger partial charge in [-0.3, -0.25) is 4.79 Å². The summed E-state index contributed by atoms with van der Waals surface area (Å²) in [7, 11) is 1.89. The van der Waals surface area contributed by atoms with Gasteiger partial charge >= 0.3 is 0 Å². The maximum absolute atomic E-state index is 14.0. The fourth-order valence-electron chi connectivity index (χ4n) is 5.07. The molecule has 1 unspecified atom stereocenters. The van der Waals surface area contributed by atoms with Gasteiger partial charge in [-0.25, -0.2) is 4.99 Å². The molecule has 2 aliphatic rings. The molecule has 6 heteroatoms. The van der Waals surface area contributed by atoms with E-state index in [2.05, 4.69) is 43.4 Å². The zero-order valence-electron chi connectivity index (χ0n) is 20.7. The molecule has 0 radical (unpaired) electrons. The lowest BCUT2D eigenvalue weighted by Crippen LogP contribution is -2.52. The van der Waals surface area contributed by atoms with Crippen molar-refractivity contribution in [3.05, 3.63) is 76.9 Å². The molecule has 6 nitrogen and oxygen atoms in total. The summed E-state index contributed by atoms with van der Waals surface area (Å²) in [5.41, 5.74) is 7.85. The molecule has 0 bridgehead atoms. The van der Waals surface area contributed by atoms with Crippen molar-refractivity contribution < 1.29 is 9.90 Å². The number of carbonyl (C=O) groups is 1. The third kappa shape index (κ3) is 4.54. The number of phenols is 1. The van der Waals surface area contributed by atoms with E-state index < -0.39 is 6.04 Å². The second-order valence-electron chi connectivity index (χ2n) is 9.84. The van der Waals surface area contributed by atoms with Crippen molar-refractivity contribution >= 4 is 23.6 Å². The summed E-state index contributed by atoms with van der Waals surface area (Å²) in [6, 6.07) is 17.5. The van der Waals surface area contributed by atoms with Gasteiger partial charge in [0.1, 0.15) is 11.8 Å². The van der Waals surface area contributed by atoms with E-state index in [1.807, 2.05) is 42.0 Å². The van der Waals surface area contributed by atoms with Gasteiger partial charge in [0.25, 0.3) is 0 Å². The van der Waals surface area contributed by atoms with Crippen molar-refractivity contribution in [2.75, 3.05) is 25.0 Å². The molecular formula is C29H32N4O2. The highest BCUT2D eigenvalue weighted by atomic mass is 16.3. The molecule has 2 N–H and O–H groups in total. The lowest BCUT2D eigenvalue weighted by atomic mass is 9.91. The molecule has 2 aliphatic heterocycles. The number of aryl methyl sites for hydroxylation is 3. The summed E-state index contributed by atoms with van der Waals surface area (Å²) in [5.74, 6) is 0.255. The number of phenolic OH excluding ortho intramolecular Hbond substituents is 1. The first-order valence-corrected chi connectivity index (χ1v) is 12.1. The van der Waals surface area contributed by atoms with E-state index >= 15 is 0 Å². The van der Waals surface area contributed by atoms with E-state index in [0.717, 1.165) is 57.7 Å². The second-order valence-corrected chi connectivity index (χ2v) is 9.84. The number of likely N-dealkylation sites (N-methyl/N-ethyl adjacent to an activating group) is 1. The van der Waals surface area contributed by atoms with Crippen LogP contribution in [-0.4, -0.2) is 48.4 Å². The molecule has 0 aliphatic carbocycles. The van der Waals surface area contributed by atoms with E-state index in [-0.39, 0.29) is 11.7 Å². The summed E-state index contributed by atoms with van der Waals surface area (Å²) in [6.45, 7) is 7.86. The molecule has 2 heterocycles. The lowest BCUT2D eigenvalue weighted by molar-refractivity contribution is -0.131. The lowest BCUT2D eigenvalue weighted by Gasteiger charge is -2.38. The summed E-state index contributed by atoms with van der Waals surface area (Å²) in [5, 5.41) is 13.5. The van der Waals surface area contributed by atoms with Gasteiger partial charge in [0.2, 0.25) is 5.91 Å². The van der Waals surface area contributed by atoms with Gasteiger partial charge in [-0.2, -0.15) is 0 Å². The van der Waals surface area contributed by atoms with Crippen LogP contribution in [-0.2, 0) is 4.79 Å². The topological polar surface area (TPSA) is 68.2 Å². The normalized spacial score (nSPS) is 18.7. The number of anilines is 1. The van der Waals surface area contributed by atoms with Crippen molar-refractivity contribution in [1.29, 1.82) is 0 Å². The maximum Gasteiger partial charge on any atom is 0.250 e. The fraction of sp³-hybridized carbons (Fsp3) is 0.310. The van der Waals surface area contributed by atoms with Crippen molar-refractivity contribution in [2.24, 2.45) is 4.99 Å². The van der Waals surface area contributed by atoms with Crippen LogP contribution in [0.5, 0.6) is 5.75 Å². The number of hydrogen-bond donors (Lipinski definition) is 2. The van der Waals surface area contributed by atoms with Crippen molar-refractivity contribution in [3.63, 3.8) is 0 Å². The van der Waals surface area contributed by atoms with Crippen LogP contribution in [0.2, 0.25) is 0 Å². The molecule has 5 rings (SSSR count). The molecule has 0 aromatic heterocycles. The van der Waals surface area contributed by atoms with E-state index in [1.54, 1.807) is 18.5 Å². The van der Waals surface area contributed by atoms with Crippen LogP contribution in [0.3, 0.4) is 0 Å². The molecular weight excluding hydrogens is 436 g/mol. The van der Waals surface area contributed by atoms with Crippen LogP contribution in [0.4, 0.5) is 11.4 Å². The molecule has 3 aromatic carbocycles. The molecule has 3 aromatic rings. The number of benzene rings is 3. The number of aromatic hydroxyl groups is 1. The average molecular weight is 469 g/mol. The Kier molecular flexibility index (Phi) is 6.07. The Hall–Kier alpha value is -3.64. The number of amides is 1. The molecule has 1 fully saturated rings. The number of fused-ring (bicyclic) bond motifs is 1. The Balaban J connectivity index is 1.62. The Morgan fingerprint density at radius 3 is 2.51 bits per heavy atom. The quantitative estimate of drug-likeness (QED) is 0.551. The summed E-state index contributed by atoms with van der Waals surface area (Å²) in [6.07, 6.45) is 2.88. The maximum atomic E-state index is 14.0. The van der Waals surface area contributed by atoms with Crippen molar-refractivity contribution in [1.82, 2.24) is 10.2 Å². The Morgan fingerprint density at radius 2 is 1.86 bits per heavy atom. The highest BCUT2D eigenvalue weighted by molar-refractivity contribution is 5.99. The zero-order chi connectivity index (χ0) is 24.7. The van der Waals surface area contributed by atoms with Gasteiger partial charge in [0.05, 0.1) is 12.0 Å². The molecule has 1 amide bonds. The van der Waals surface area contributed by atoms with E-state index in [9.17, 15) is 9.90 Å². The molecule has 1 saturated heterocycles. The number of rotatable bonds is 5. The summed E-state index contributed by atoms with van der Waals surface area (Å²) >= 11 is 0. The van der Waals surface area contributed by atoms with Crippen molar-refractivity contribution in [2.45, 2.75) is 39.3 Å². The predicted molar refractivity (Wildman–Crippen MR) is 142 cm³/mol. The van der Waals surface area contributed by atoms with E-state index in [4.69, 9.17) is 4.99 Å². The average Bonchev–Trinajstić information content (AvgIpc) is 2.79. The van der Waals surface area contributed by atoms with Gasteiger partial charge in [-0.15, -0.1) is 0 Å². The predicted octanol–water partition coefficient (Wildman–Crippen LogP) is 5.03. The Labute approximate surface area is 206 Å². The molecule has 180 valence electrons. The fourth-order valence-corrected chi connectivity index (χ4v) is 5.07. The van der Waals surface area contributed by atoms with Crippen LogP contribution < -0.4 is 10.2 Å². The molecule has 0 saturated carbocycles. The smallest absolute Gasteiger partial charge is 0.250 e. The van der Waals surface area contributed by atoms with Crippen molar-refractivity contribution in [3.8, 4) is 16.9 Å². The van der Waals surface area contributed by atoms with Gasteiger partial charge in [-0.05, 0) is 98.0 Å². The Bertz CT molecular complexity index is 1290. The third-order valence-corrected chi connectivity index (χ3v) is 6.96. The minimum Gasteiger partial charge on any atom is -0.508 e. The minimum absolute atomic E-state index is 0.0379. The number of carbonyl (C=O) groups excluding carboxylic acids is 1.